The van der Waals surface area contributed by atoms with Crippen LogP contribution in [0, 0.1) is 17.3 Å². The van der Waals surface area contributed by atoms with Crippen molar-refractivity contribution >= 4 is 9.84 Å². The van der Waals surface area contributed by atoms with Gasteiger partial charge in [-0.25, -0.2) is 18.1 Å². The third-order valence-electron chi connectivity index (χ3n) is 7.28. The fourth-order valence-corrected chi connectivity index (χ4v) is 8.31. The second-order valence-electron chi connectivity index (χ2n) is 10.6. The van der Waals surface area contributed by atoms with Crippen LogP contribution in [0.15, 0.2) is 0 Å². The second-order valence-corrected chi connectivity index (χ2v) is 12.7. The average molecular weight is 433 g/mol. The lowest BCUT2D eigenvalue weighted by Gasteiger charge is -2.38. The summed E-state index contributed by atoms with van der Waals surface area (Å²) in [5.41, 5.74) is -0.599. The van der Waals surface area contributed by atoms with E-state index in [9.17, 15) is 21.6 Å². The summed E-state index contributed by atoms with van der Waals surface area (Å²) in [5.74, 6) is 0.815. The van der Waals surface area contributed by atoms with Crippen molar-refractivity contribution in [1.82, 2.24) is 19.7 Å². The molecule has 6 nitrogen and oxygen atoms in total. The van der Waals surface area contributed by atoms with Crippen molar-refractivity contribution in [3.05, 3.63) is 11.6 Å². The van der Waals surface area contributed by atoms with Crippen molar-refractivity contribution in [3.8, 4) is 0 Å². The predicted molar refractivity (Wildman–Crippen MR) is 100 cm³/mol. The molecule has 0 radical (unpaired) electrons. The van der Waals surface area contributed by atoms with Crippen LogP contribution in [-0.2, 0) is 21.6 Å². The minimum Gasteiger partial charge on any atom is -0.300 e. The molecule has 3 heterocycles. The van der Waals surface area contributed by atoms with Crippen molar-refractivity contribution < 1.29 is 21.6 Å². The highest BCUT2D eigenvalue weighted by molar-refractivity contribution is 7.92. The first kappa shape index (κ1) is 19.8. The number of aromatic nitrogens is 3. The van der Waals surface area contributed by atoms with Crippen LogP contribution in [0.1, 0.15) is 57.6 Å². The Kier molecular flexibility index (Phi) is 3.92. The van der Waals surface area contributed by atoms with Gasteiger partial charge in [-0.2, -0.15) is 13.2 Å². The van der Waals surface area contributed by atoms with Crippen LogP contribution in [0.4, 0.5) is 13.2 Å². The molecule has 4 atom stereocenters. The van der Waals surface area contributed by atoms with Gasteiger partial charge in [0.15, 0.2) is 9.84 Å². The smallest absolute Gasteiger partial charge is 0.300 e. The topological polar surface area (TPSA) is 68.1 Å². The molecule has 2 aliphatic heterocycles. The van der Waals surface area contributed by atoms with Gasteiger partial charge in [-0.3, -0.25) is 4.90 Å². The highest BCUT2D eigenvalue weighted by atomic mass is 32.2. The van der Waals surface area contributed by atoms with E-state index < -0.39 is 27.4 Å². The van der Waals surface area contributed by atoms with Gasteiger partial charge in [0, 0.05) is 23.9 Å². The molecule has 0 bridgehead atoms. The fourth-order valence-electron chi connectivity index (χ4n) is 6.05. The van der Waals surface area contributed by atoms with Gasteiger partial charge in [0.05, 0.1) is 17.0 Å². The number of sulfone groups is 1. The summed E-state index contributed by atoms with van der Waals surface area (Å²) in [4.78, 5) is 6.35. The highest BCUT2D eigenvalue weighted by Crippen LogP contribution is 2.64. The van der Waals surface area contributed by atoms with E-state index in [0.717, 1.165) is 32.4 Å². The largest absolute Gasteiger partial charge is 0.453 e. The Morgan fingerprint density at radius 1 is 1.10 bits per heavy atom. The van der Waals surface area contributed by atoms with Crippen molar-refractivity contribution in [1.29, 1.82) is 0 Å². The molecule has 0 N–H and O–H groups in total. The predicted octanol–water partition coefficient (Wildman–Crippen LogP) is 2.66. The molecule has 2 saturated carbocycles. The third kappa shape index (κ3) is 3.21. The molecule has 5 rings (SSSR count). The lowest BCUT2D eigenvalue weighted by atomic mass is 9.91. The van der Waals surface area contributed by atoms with E-state index in [1.54, 1.807) is 0 Å². The Morgan fingerprint density at radius 2 is 1.72 bits per heavy atom. The quantitative estimate of drug-likeness (QED) is 0.719. The molecule has 162 valence electrons. The van der Waals surface area contributed by atoms with Gasteiger partial charge in [0.1, 0.15) is 5.82 Å². The van der Waals surface area contributed by atoms with E-state index in [0.29, 0.717) is 35.2 Å². The normalized spacial score (nSPS) is 35.7. The van der Waals surface area contributed by atoms with E-state index in [4.69, 9.17) is 0 Å². The van der Waals surface area contributed by atoms with Crippen molar-refractivity contribution in [2.45, 2.75) is 63.7 Å². The minimum atomic E-state index is -4.54. The van der Waals surface area contributed by atoms with Gasteiger partial charge in [-0.05, 0) is 58.4 Å². The first-order chi connectivity index (χ1) is 13.3. The molecule has 29 heavy (non-hydrogen) atoms. The van der Waals surface area contributed by atoms with Crippen molar-refractivity contribution in [2.24, 2.45) is 17.3 Å². The molecule has 2 aliphatic carbocycles. The van der Waals surface area contributed by atoms with Crippen LogP contribution in [0.5, 0.6) is 0 Å². The van der Waals surface area contributed by atoms with Crippen LogP contribution in [0.3, 0.4) is 0 Å². The first-order valence-corrected chi connectivity index (χ1v) is 12.1. The Hall–Kier alpha value is -1.16. The zero-order chi connectivity index (χ0) is 21.0. The van der Waals surface area contributed by atoms with Gasteiger partial charge in [-0.1, -0.05) is 0 Å². The maximum Gasteiger partial charge on any atom is 0.453 e. The third-order valence-corrected chi connectivity index (χ3v) is 9.38. The maximum absolute atomic E-state index is 13.2. The van der Waals surface area contributed by atoms with E-state index >= 15 is 0 Å². The molecule has 1 spiro atoms. The number of nitrogens with zero attached hydrogens (tertiary/aromatic N) is 4. The zero-order valence-corrected chi connectivity index (χ0v) is 17.7. The number of alkyl halides is 3. The Bertz CT molecular complexity index is 926. The van der Waals surface area contributed by atoms with Gasteiger partial charge < -0.3 is 0 Å². The number of hydrogen-bond acceptors (Lipinski definition) is 5. The van der Waals surface area contributed by atoms with Crippen LogP contribution < -0.4 is 0 Å². The molecule has 10 heteroatoms. The molecule has 4 aliphatic rings. The summed E-state index contributed by atoms with van der Waals surface area (Å²) in [5, 5.41) is 3.80. The molecule has 2 saturated heterocycles. The van der Waals surface area contributed by atoms with Gasteiger partial charge in [0.2, 0.25) is 0 Å². The zero-order valence-electron chi connectivity index (χ0n) is 16.9. The molecular weight excluding hydrogens is 405 g/mol. The summed E-state index contributed by atoms with van der Waals surface area (Å²) in [6.07, 6.45) is -1.69. The Morgan fingerprint density at radius 3 is 2.24 bits per heavy atom. The highest BCUT2D eigenvalue weighted by Gasteiger charge is 2.62. The lowest BCUT2D eigenvalue weighted by molar-refractivity contribution is -0.145. The Labute approximate surface area is 168 Å². The summed E-state index contributed by atoms with van der Waals surface area (Å²) in [7, 11) is -2.83. The van der Waals surface area contributed by atoms with Crippen molar-refractivity contribution in [2.75, 3.05) is 24.6 Å². The summed E-state index contributed by atoms with van der Waals surface area (Å²) in [6.45, 7) is 7.33. The molecule has 1 aromatic rings. The standard InChI is InChI=1S/C19H27F3N4O2S/c1-17(2,3)26-15(23-16(24-26)19(20,21)22)14-12-6-11(7-13(12)14)25-5-4-18(8-25)9-29(27,28)10-18/h11-14H,4-10H2,1-3H3/t11?,12-,13+,14?. The lowest BCUT2D eigenvalue weighted by Crippen LogP contribution is -2.50. The summed E-state index contributed by atoms with van der Waals surface area (Å²) < 4.78 is 64.2. The van der Waals surface area contributed by atoms with E-state index in [2.05, 4.69) is 15.0 Å². The number of rotatable bonds is 2. The average Bonchev–Trinajstić information content (AvgIpc) is 3.01. The summed E-state index contributed by atoms with van der Waals surface area (Å²) >= 11 is 0. The molecule has 2 unspecified atom stereocenters. The number of likely N-dealkylation sites (tertiary alicyclic amines) is 1. The molecule has 0 amide bonds. The molecule has 0 aromatic carbocycles. The minimum absolute atomic E-state index is 0.0426. The maximum atomic E-state index is 13.2. The fraction of sp³-hybridized carbons (Fsp3) is 0.895. The van der Waals surface area contributed by atoms with Crippen LogP contribution in [0.25, 0.3) is 0 Å². The second kappa shape index (κ2) is 5.75. The molecule has 4 fully saturated rings. The Balaban J connectivity index is 1.28. The van der Waals surface area contributed by atoms with Crippen molar-refractivity contribution in [3.63, 3.8) is 0 Å². The van der Waals surface area contributed by atoms with E-state index in [1.165, 1.54) is 4.68 Å². The summed E-state index contributed by atoms with van der Waals surface area (Å²) in [6, 6.07) is 0.414. The van der Waals surface area contributed by atoms with Crippen LogP contribution in [-0.4, -0.2) is 58.7 Å². The van der Waals surface area contributed by atoms with Crippen LogP contribution >= 0.6 is 0 Å². The number of halogens is 3. The number of hydrogen-bond donors (Lipinski definition) is 0. The molecule has 1 aromatic heterocycles. The number of fused-ring (bicyclic) bond motifs is 1. The van der Waals surface area contributed by atoms with Crippen LogP contribution in [0.2, 0.25) is 0 Å². The van der Waals surface area contributed by atoms with E-state index in [-0.39, 0.29) is 11.3 Å². The van der Waals surface area contributed by atoms with Gasteiger partial charge in [0.25, 0.3) is 5.82 Å². The first-order valence-electron chi connectivity index (χ1n) is 10.3. The monoisotopic (exact) mass is 432 g/mol. The van der Waals surface area contributed by atoms with Gasteiger partial charge >= 0.3 is 6.18 Å². The van der Waals surface area contributed by atoms with Gasteiger partial charge in [-0.15, -0.1) is 5.10 Å². The molecular formula is C19H27F3N4O2S. The van der Waals surface area contributed by atoms with E-state index in [1.807, 2.05) is 20.8 Å². The SMILES string of the molecule is CC(C)(C)n1nc(C(F)(F)F)nc1C1[C@H]2CC(N3CCC4(C3)CS(=O)(=O)C4)C[C@@H]12.